The lowest BCUT2D eigenvalue weighted by molar-refractivity contribution is -0.384. The Morgan fingerprint density at radius 2 is 1.97 bits per heavy atom. The molecule has 2 amide bonds. The summed E-state index contributed by atoms with van der Waals surface area (Å²) in [6.07, 6.45) is -0.116. The molecule has 32 heavy (non-hydrogen) atoms. The van der Waals surface area contributed by atoms with E-state index < -0.39 is 29.3 Å². The maximum atomic E-state index is 12.4. The van der Waals surface area contributed by atoms with Gasteiger partial charge in [0.2, 0.25) is 5.91 Å². The van der Waals surface area contributed by atoms with E-state index in [1.165, 1.54) is 37.3 Å². The standard InChI is InChI=1S/C21H21N3O8/c1-30-16-6-7-17(18(10-16)31-2)22-19(25)12-32-21(27)13-8-20(26)23(11-13)14-4-3-5-15(9-14)24(28)29/h3-7,9-10,13H,8,11-12H2,1-2H3,(H,22,25)/t13-/m0/s1. The van der Waals surface area contributed by atoms with Gasteiger partial charge in [0.1, 0.15) is 11.5 Å². The lowest BCUT2D eigenvalue weighted by Crippen LogP contribution is -2.28. The molecule has 0 saturated carbocycles. The van der Waals surface area contributed by atoms with Crippen molar-refractivity contribution in [2.75, 3.05) is 37.6 Å². The number of methoxy groups -OCH3 is 2. The first-order chi connectivity index (χ1) is 15.3. The minimum absolute atomic E-state index is 0.00670. The van der Waals surface area contributed by atoms with E-state index in [1.807, 2.05) is 0 Å². The molecule has 2 aromatic rings. The van der Waals surface area contributed by atoms with Crippen molar-refractivity contribution in [2.24, 2.45) is 5.92 Å². The fraction of sp³-hybridized carbons (Fsp3) is 0.286. The van der Waals surface area contributed by atoms with Crippen LogP contribution in [-0.4, -0.2) is 50.1 Å². The first kappa shape index (κ1) is 22.5. The van der Waals surface area contributed by atoms with Crippen LogP contribution in [0.15, 0.2) is 42.5 Å². The smallest absolute Gasteiger partial charge is 0.311 e. The molecular weight excluding hydrogens is 422 g/mol. The van der Waals surface area contributed by atoms with Gasteiger partial charge < -0.3 is 24.4 Å². The Hall–Kier alpha value is -4.15. The predicted molar refractivity (Wildman–Crippen MR) is 113 cm³/mol. The van der Waals surface area contributed by atoms with Crippen LogP contribution in [0.3, 0.4) is 0 Å². The Bertz CT molecular complexity index is 1060. The molecule has 1 fully saturated rings. The zero-order chi connectivity index (χ0) is 23.3. The number of carbonyl (C=O) groups is 3. The second-order valence-electron chi connectivity index (χ2n) is 6.90. The maximum absolute atomic E-state index is 12.4. The van der Waals surface area contributed by atoms with Crippen LogP contribution in [0.25, 0.3) is 0 Å². The van der Waals surface area contributed by atoms with E-state index in [4.69, 9.17) is 14.2 Å². The zero-order valence-corrected chi connectivity index (χ0v) is 17.4. The van der Waals surface area contributed by atoms with Crippen molar-refractivity contribution in [3.05, 3.63) is 52.6 Å². The Labute approximate surface area is 183 Å². The van der Waals surface area contributed by atoms with Crippen molar-refractivity contribution in [1.29, 1.82) is 0 Å². The minimum Gasteiger partial charge on any atom is -0.497 e. The first-order valence-electron chi connectivity index (χ1n) is 9.55. The number of amides is 2. The van der Waals surface area contributed by atoms with Crippen molar-refractivity contribution in [3.8, 4) is 11.5 Å². The first-order valence-corrected chi connectivity index (χ1v) is 9.55. The zero-order valence-electron chi connectivity index (χ0n) is 17.4. The number of esters is 1. The van der Waals surface area contributed by atoms with Crippen LogP contribution < -0.4 is 19.7 Å². The number of rotatable bonds is 8. The van der Waals surface area contributed by atoms with Gasteiger partial charge in [-0.3, -0.25) is 24.5 Å². The van der Waals surface area contributed by atoms with E-state index in [-0.39, 0.29) is 24.6 Å². The van der Waals surface area contributed by atoms with Crippen LogP contribution in [0.5, 0.6) is 11.5 Å². The quantitative estimate of drug-likeness (QED) is 0.372. The van der Waals surface area contributed by atoms with Crippen LogP contribution in [0, 0.1) is 16.0 Å². The molecule has 1 aliphatic heterocycles. The SMILES string of the molecule is COc1ccc(NC(=O)COC(=O)[C@H]2CC(=O)N(c3cccc([N+](=O)[O-])c3)C2)c(OC)c1. The number of carbonyl (C=O) groups excluding carboxylic acids is 3. The van der Waals surface area contributed by atoms with Crippen LogP contribution in [-0.2, 0) is 19.1 Å². The van der Waals surface area contributed by atoms with Crippen molar-refractivity contribution in [3.63, 3.8) is 0 Å². The molecule has 1 aliphatic rings. The molecule has 11 nitrogen and oxygen atoms in total. The summed E-state index contributed by atoms with van der Waals surface area (Å²) < 4.78 is 15.4. The normalized spacial score (nSPS) is 15.2. The number of nitro groups is 1. The molecule has 1 N–H and O–H groups in total. The van der Waals surface area contributed by atoms with Crippen molar-refractivity contribution < 1.29 is 33.5 Å². The molecule has 3 rings (SSSR count). The number of nitrogens with one attached hydrogen (secondary N) is 1. The van der Waals surface area contributed by atoms with E-state index in [1.54, 1.807) is 24.3 Å². The molecule has 168 valence electrons. The number of nitro benzene ring substituents is 1. The van der Waals surface area contributed by atoms with E-state index >= 15 is 0 Å². The van der Waals surface area contributed by atoms with E-state index in [0.717, 1.165) is 0 Å². The summed E-state index contributed by atoms with van der Waals surface area (Å²) >= 11 is 0. The summed E-state index contributed by atoms with van der Waals surface area (Å²) in [4.78, 5) is 48.6. The van der Waals surface area contributed by atoms with Crippen molar-refractivity contribution in [1.82, 2.24) is 0 Å². The summed E-state index contributed by atoms with van der Waals surface area (Å²) in [5.74, 6) is -1.52. The number of hydrogen-bond acceptors (Lipinski definition) is 8. The fourth-order valence-corrected chi connectivity index (χ4v) is 3.23. The summed E-state index contributed by atoms with van der Waals surface area (Å²) in [6.45, 7) is -0.539. The number of nitrogens with zero attached hydrogens (tertiary/aromatic N) is 2. The largest absolute Gasteiger partial charge is 0.497 e. The predicted octanol–water partition coefficient (Wildman–Crippen LogP) is 2.15. The number of benzene rings is 2. The number of ether oxygens (including phenoxy) is 3. The maximum Gasteiger partial charge on any atom is 0.311 e. The molecular formula is C21H21N3O8. The molecule has 1 saturated heterocycles. The Balaban J connectivity index is 1.56. The van der Waals surface area contributed by atoms with Gasteiger partial charge in [0.05, 0.1) is 36.4 Å². The molecule has 0 spiro atoms. The molecule has 2 aromatic carbocycles. The highest BCUT2D eigenvalue weighted by atomic mass is 16.6. The second kappa shape index (κ2) is 9.77. The Morgan fingerprint density at radius 3 is 2.66 bits per heavy atom. The average Bonchev–Trinajstić information content (AvgIpc) is 3.19. The Morgan fingerprint density at radius 1 is 1.19 bits per heavy atom. The lowest BCUT2D eigenvalue weighted by Gasteiger charge is -2.16. The minimum atomic E-state index is -0.787. The van der Waals surface area contributed by atoms with Gasteiger partial charge >= 0.3 is 5.97 Å². The van der Waals surface area contributed by atoms with Crippen LogP contribution in [0.4, 0.5) is 17.1 Å². The van der Waals surface area contributed by atoms with E-state index in [9.17, 15) is 24.5 Å². The highest BCUT2D eigenvalue weighted by molar-refractivity contribution is 6.00. The lowest BCUT2D eigenvalue weighted by atomic mass is 10.1. The molecule has 11 heteroatoms. The summed E-state index contributed by atoms with van der Waals surface area (Å²) in [6, 6.07) is 10.4. The monoisotopic (exact) mass is 443 g/mol. The highest BCUT2D eigenvalue weighted by Gasteiger charge is 2.36. The topological polar surface area (TPSA) is 137 Å². The van der Waals surface area contributed by atoms with E-state index in [2.05, 4.69) is 5.32 Å². The van der Waals surface area contributed by atoms with Gasteiger partial charge in [0, 0.05) is 31.2 Å². The third-order valence-electron chi connectivity index (χ3n) is 4.84. The summed E-state index contributed by atoms with van der Waals surface area (Å²) in [5, 5.41) is 13.5. The second-order valence-corrected chi connectivity index (χ2v) is 6.90. The third kappa shape index (κ3) is 5.12. The molecule has 0 bridgehead atoms. The molecule has 0 unspecified atom stereocenters. The molecule has 0 radical (unpaired) electrons. The highest BCUT2D eigenvalue weighted by Crippen LogP contribution is 2.30. The summed E-state index contributed by atoms with van der Waals surface area (Å²) in [7, 11) is 2.94. The van der Waals surface area contributed by atoms with Gasteiger partial charge in [0.15, 0.2) is 6.61 Å². The van der Waals surface area contributed by atoms with Crippen LogP contribution >= 0.6 is 0 Å². The molecule has 1 atom stereocenters. The Kier molecular flexibility index (Phi) is 6.88. The van der Waals surface area contributed by atoms with Gasteiger partial charge in [-0.1, -0.05) is 6.07 Å². The van der Waals surface area contributed by atoms with E-state index in [0.29, 0.717) is 22.9 Å². The average molecular weight is 443 g/mol. The summed E-state index contributed by atoms with van der Waals surface area (Å²) in [5.41, 5.74) is 0.540. The van der Waals surface area contributed by atoms with Crippen LogP contribution in [0.1, 0.15) is 6.42 Å². The van der Waals surface area contributed by atoms with Gasteiger partial charge in [-0.15, -0.1) is 0 Å². The fourth-order valence-electron chi connectivity index (χ4n) is 3.23. The van der Waals surface area contributed by atoms with Gasteiger partial charge in [0.25, 0.3) is 11.6 Å². The van der Waals surface area contributed by atoms with Crippen molar-refractivity contribution in [2.45, 2.75) is 6.42 Å². The van der Waals surface area contributed by atoms with Gasteiger partial charge in [-0.05, 0) is 18.2 Å². The molecule has 1 heterocycles. The number of anilines is 2. The number of hydrogen-bond donors (Lipinski definition) is 1. The molecule has 0 aliphatic carbocycles. The third-order valence-corrected chi connectivity index (χ3v) is 4.84. The number of non-ortho nitro benzene ring substituents is 1. The molecule has 0 aromatic heterocycles. The van der Waals surface area contributed by atoms with Crippen molar-refractivity contribution >= 4 is 34.8 Å². The van der Waals surface area contributed by atoms with Crippen LogP contribution in [0.2, 0.25) is 0 Å². The van der Waals surface area contributed by atoms with Gasteiger partial charge in [-0.2, -0.15) is 0 Å². The van der Waals surface area contributed by atoms with Gasteiger partial charge in [-0.25, -0.2) is 0 Å².